The van der Waals surface area contributed by atoms with Gasteiger partial charge in [0.05, 0.1) is 26.7 Å². The summed E-state index contributed by atoms with van der Waals surface area (Å²) in [6.45, 7) is 1.78. The van der Waals surface area contributed by atoms with E-state index >= 15 is 0 Å². The van der Waals surface area contributed by atoms with Crippen molar-refractivity contribution in [1.82, 2.24) is 4.90 Å². The average Bonchev–Trinajstić information content (AvgIpc) is 2.89. The number of amides is 1. The maximum Gasteiger partial charge on any atom is 0.411 e. The Morgan fingerprint density at radius 1 is 1.22 bits per heavy atom. The van der Waals surface area contributed by atoms with Gasteiger partial charge in [0.1, 0.15) is 6.10 Å². The molecular weight excluding hydrogens is 302 g/mol. The highest BCUT2D eigenvalue weighted by Crippen LogP contribution is 2.32. The molecule has 0 aliphatic carbocycles. The van der Waals surface area contributed by atoms with E-state index in [4.69, 9.17) is 9.47 Å². The molecule has 0 aromatic heterocycles. The number of benzene rings is 1. The van der Waals surface area contributed by atoms with Crippen LogP contribution < -0.4 is 0 Å². The van der Waals surface area contributed by atoms with Gasteiger partial charge >= 0.3 is 18.0 Å². The van der Waals surface area contributed by atoms with Gasteiger partial charge in [0.15, 0.2) is 6.04 Å². The van der Waals surface area contributed by atoms with Crippen LogP contribution in [0.1, 0.15) is 24.9 Å². The van der Waals surface area contributed by atoms with Crippen LogP contribution in [0.4, 0.5) is 4.79 Å². The van der Waals surface area contributed by atoms with E-state index in [1.165, 1.54) is 19.1 Å². The molecule has 1 saturated heterocycles. The Kier molecular flexibility index (Phi) is 5.20. The molecule has 1 amide bonds. The molecule has 1 heterocycles. The Morgan fingerprint density at radius 2 is 1.87 bits per heavy atom. The third kappa shape index (κ3) is 3.44. The third-order valence-corrected chi connectivity index (χ3v) is 3.85. The largest absolute Gasteiger partial charge is 0.469 e. The summed E-state index contributed by atoms with van der Waals surface area (Å²) in [6, 6.07) is 7.83. The SMILES string of the molecule is COC(=O)CC1OC(=O)N(C(C)c2ccccc2)C1C(=O)OC. The van der Waals surface area contributed by atoms with Crippen molar-refractivity contribution in [3.63, 3.8) is 0 Å². The van der Waals surface area contributed by atoms with E-state index in [1.807, 2.05) is 30.3 Å². The highest BCUT2D eigenvalue weighted by Gasteiger charge is 2.50. The maximum atomic E-state index is 12.2. The van der Waals surface area contributed by atoms with Crippen LogP contribution in [0.15, 0.2) is 30.3 Å². The third-order valence-electron chi connectivity index (χ3n) is 3.85. The molecule has 1 aliphatic rings. The first-order valence-electron chi connectivity index (χ1n) is 7.18. The molecule has 3 unspecified atom stereocenters. The molecule has 0 spiro atoms. The summed E-state index contributed by atoms with van der Waals surface area (Å²) < 4.78 is 14.6. The van der Waals surface area contributed by atoms with E-state index in [0.717, 1.165) is 5.56 Å². The molecular formula is C16H19NO6. The van der Waals surface area contributed by atoms with Crippen molar-refractivity contribution >= 4 is 18.0 Å². The molecule has 7 nitrogen and oxygen atoms in total. The van der Waals surface area contributed by atoms with Crippen LogP contribution in [0, 0.1) is 0 Å². The zero-order valence-electron chi connectivity index (χ0n) is 13.2. The molecule has 0 N–H and O–H groups in total. The number of cyclic esters (lactones) is 1. The summed E-state index contributed by atoms with van der Waals surface area (Å²) in [5.41, 5.74) is 0.845. The number of hydrogen-bond donors (Lipinski definition) is 0. The normalized spacial score (nSPS) is 21.5. The number of carbonyl (C=O) groups excluding carboxylic acids is 3. The Bertz CT molecular complexity index is 587. The summed E-state index contributed by atoms with van der Waals surface area (Å²) in [5, 5.41) is 0. The number of methoxy groups -OCH3 is 2. The first-order chi connectivity index (χ1) is 11.0. The molecule has 1 aromatic carbocycles. The van der Waals surface area contributed by atoms with Crippen LogP contribution >= 0.6 is 0 Å². The van der Waals surface area contributed by atoms with Crippen molar-refractivity contribution in [2.75, 3.05) is 14.2 Å². The molecule has 2 rings (SSSR count). The van der Waals surface area contributed by atoms with Gasteiger partial charge in [-0.15, -0.1) is 0 Å². The zero-order chi connectivity index (χ0) is 17.0. The molecule has 1 aliphatic heterocycles. The minimum absolute atomic E-state index is 0.208. The van der Waals surface area contributed by atoms with Crippen molar-refractivity contribution in [2.24, 2.45) is 0 Å². The number of rotatable bonds is 5. The lowest BCUT2D eigenvalue weighted by Crippen LogP contribution is -2.45. The number of esters is 2. The summed E-state index contributed by atoms with van der Waals surface area (Å²) in [6.07, 6.45) is -1.81. The average molecular weight is 321 g/mol. The minimum Gasteiger partial charge on any atom is -0.469 e. The smallest absolute Gasteiger partial charge is 0.411 e. The summed E-state index contributed by atoms with van der Waals surface area (Å²) >= 11 is 0. The van der Waals surface area contributed by atoms with Gasteiger partial charge < -0.3 is 14.2 Å². The number of nitrogens with zero attached hydrogens (tertiary/aromatic N) is 1. The first kappa shape index (κ1) is 16.8. The zero-order valence-corrected chi connectivity index (χ0v) is 13.2. The molecule has 1 aromatic rings. The summed E-state index contributed by atoms with van der Waals surface area (Å²) in [4.78, 5) is 37.2. The van der Waals surface area contributed by atoms with Gasteiger partial charge in [-0.05, 0) is 12.5 Å². The van der Waals surface area contributed by atoms with Gasteiger partial charge in [-0.3, -0.25) is 9.69 Å². The lowest BCUT2D eigenvalue weighted by Gasteiger charge is -2.28. The molecule has 0 saturated carbocycles. The van der Waals surface area contributed by atoms with Crippen LogP contribution in [0.3, 0.4) is 0 Å². The molecule has 23 heavy (non-hydrogen) atoms. The van der Waals surface area contributed by atoms with E-state index in [0.29, 0.717) is 0 Å². The fraction of sp³-hybridized carbons (Fsp3) is 0.438. The lowest BCUT2D eigenvalue weighted by atomic mass is 10.0. The van der Waals surface area contributed by atoms with E-state index in [9.17, 15) is 14.4 Å². The molecule has 3 atom stereocenters. The van der Waals surface area contributed by atoms with Gasteiger partial charge in [-0.25, -0.2) is 9.59 Å². The fourth-order valence-corrected chi connectivity index (χ4v) is 2.63. The quantitative estimate of drug-likeness (QED) is 0.606. The van der Waals surface area contributed by atoms with Crippen molar-refractivity contribution in [2.45, 2.75) is 31.5 Å². The number of hydrogen-bond acceptors (Lipinski definition) is 6. The monoisotopic (exact) mass is 321 g/mol. The van der Waals surface area contributed by atoms with Gasteiger partial charge in [0, 0.05) is 0 Å². The molecule has 1 fully saturated rings. The highest BCUT2D eigenvalue weighted by molar-refractivity contribution is 5.86. The Hall–Kier alpha value is -2.57. The van der Waals surface area contributed by atoms with E-state index in [1.54, 1.807) is 6.92 Å². The van der Waals surface area contributed by atoms with Gasteiger partial charge in [0.2, 0.25) is 0 Å². The van der Waals surface area contributed by atoms with E-state index in [-0.39, 0.29) is 6.42 Å². The molecule has 0 bridgehead atoms. The first-order valence-corrected chi connectivity index (χ1v) is 7.18. The van der Waals surface area contributed by atoms with Crippen LogP contribution in [0.5, 0.6) is 0 Å². The van der Waals surface area contributed by atoms with Crippen LogP contribution in [0.25, 0.3) is 0 Å². The Balaban J connectivity index is 2.30. The van der Waals surface area contributed by atoms with Gasteiger partial charge in [0.25, 0.3) is 0 Å². The minimum atomic E-state index is -0.998. The van der Waals surface area contributed by atoms with Crippen molar-refractivity contribution in [3.8, 4) is 0 Å². The topological polar surface area (TPSA) is 82.1 Å². The predicted octanol–water partition coefficient (Wildman–Crippen LogP) is 1.67. The van der Waals surface area contributed by atoms with Crippen LogP contribution in [-0.2, 0) is 23.8 Å². The van der Waals surface area contributed by atoms with Crippen molar-refractivity contribution in [1.29, 1.82) is 0 Å². The van der Waals surface area contributed by atoms with Gasteiger partial charge in [-0.1, -0.05) is 30.3 Å². The van der Waals surface area contributed by atoms with Crippen LogP contribution in [0.2, 0.25) is 0 Å². The summed E-state index contributed by atoms with van der Waals surface area (Å²) in [5.74, 6) is -1.20. The van der Waals surface area contributed by atoms with Crippen molar-refractivity contribution < 1.29 is 28.6 Å². The molecule has 124 valence electrons. The van der Waals surface area contributed by atoms with Gasteiger partial charge in [-0.2, -0.15) is 0 Å². The molecule has 0 radical (unpaired) electrons. The lowest BCUT2D eigenvalue weighted by molar-refractivity contribution is -0.149. The van der Waals surface area contributed by atoms with E-state index < -0.39 is 36.2 Å². The Morgan fingerprint density at radius 3 is 2.43 bits per heavy atom. The molecule has 7 heteroatoms. The fourth-order valence-electron chi connectivity index (χ4n) is 2.63. The maximum absolute atomic E-state index is 12.2. The number of ether oxygens (including phenoxy) is 3. The second-order valence-corrected chi connectivity index (χ2v) is 5.16. The van der Waals surface area contributed by atoms with Crippen LogP contribution in [-0.4, -0.2) is 49.3 Å². The second-order valence-electron chi connectivity index (χ2n) is 5.16. The number of carbonyl (C=O) groups is 3. The van der Waals surface area contributed by atoms with E-state index in [2.05, 4.69) is 4.74 Å². The Labute approximate surface area is 134 Å². The predicted molar refractivity (Wildman–Crippen MR) is 79.4 cm³/mol. The highest BCUT2D eigenvalue weighted by atomic mass is 16.6. The summed E-state index contributed by atoms with van der Waals surface area (Å²) in [7, 11) is 2.46. The standard InChI is InChI=1S/C16H19NO6/c1-10(11-7-5-4-6-8-11)17-14(15(19)22-3)12(23-16(17)20)9-13(18)21-2/h4-8,10,12,14H,9H2,1-3H3. The van der Waals surface area contributed by atoms with Crippen molar-refractivity contribution in [3.05, 3.63) is 35.9 Å². The second kappa shape index (κ2) is 7.13.